The van der Waals surface area contributed by atoms with Crippen LogP contribution in [0.5, 0.6) is 0 Å². The molecule has 134 valence electrons. The SMILES string of the molecule is Cc1ccc(S(=O)(=NC(=O)NCC(C)C)Nc2ccc(Cl)cc2)cc1. The van der Waals surface area contributed by atoms with Crippen molar-refractivity contribution < 1.29 is 9.00 Å². The first-order valence-electron chi connectivity index (χ1n) is 7.93. The third kappa shape index (κ3) is 5.76. The lowest BCUT2D eigenvalue weighted by atomic mass is 10.2. The normalized spacial score (nSPS) is 13.2. The maximum atomic E-state index is 13.4. The molecule has 0 spiro atoms. The Balaban J connectivity index is 2.39. The van der Waals surface area contributed by atoms with Crippen LogP contribution in [0.1, 0.15) is 19.4 Å². The molecule has 2 aromatic rings. The van der Waals surface area contributed by atoms with E-state index in [0.29, 0.717) is 22.2 Å². The quantitative estimate of drug-likeness (QED) is 0.778. The van der Waals surface area contributed by atoms with E-state index >= 15 is 0 Å². The van der Waals surface area contributed by atoms with Gasteiger partial charge in [-0.3, -0.25) is 4.72 Å². The second-order valence-electron chi connectivity index (χ2n) is 6.12. The van der Waals surface area contributed by atoms with E-state index in [0.717, 1.165) is 5.56 Å². The monoisotopic (exact) mass is 379 g/mol. The molecule has 0 heterocycles. The van der Waals surface area contributed by atoms with Crippen LogP contribution >= 0.6 is 11.6 Å². The van der Waals surface area contributed by atoms with Gasteiger partial charge in [-0.25, -0.2) is 9.00 Å². The van der Waals surface area contributed by atoms with E-state index in [4.69, 9.17) is 11.6 Å². The standard InChI is InChI=1S/C18H22ClN3O2S/c1-13(2)12-20-18(23)22-25(24,17-10-4-14(3)5-11-17)21-16-8-6-15(19)7-9-16/h4-11,13H,12H2,1-3H3,(H2,20,21,22,23,24). The summed E-state index contributed by atoms with van der Waals surface area (Å²) >= 11 is 5.89. The zero-order chi connectivity index (χ0) is 18.4. The van der Waals surface area contributed by atoms with Crippen LogP contribution in [0, 0.1) is 12.8 Å². The van der Waals surface area contributed by atoms with Crippen LogP contribution in [0.3, 0.4) is 0 Å². The number of carbonyl (C=O) groups excluding carboxylic acids is 1. The molecule has 0 aliphatic heterocycles. The Kier molecular flexibility index (Phi) is 6.45. The number of anilines is 1. The largest absolute Gasteiger partial charge is 0.350 e. The summed E-state index contributed by atoms with van der Waals surface area (Å²) in [5, 5.41) is 3.24. The molecular formula is C18H22ClN3O2S. The third-order valence-corrected chi connectivity index (χ3v) is 5.41. The molecule has 25 heavy (non-hydrogen) atoms. The zero-order valence-electron chi connectivity index (χ0n) is 14.5. The Morgan fingerprint density at radius 2 is 1.72 bits per heavy atom. The van der Waals surface area contributed by atoms with Crippen molar-refractivity contribution in [3.63, 3.8) is 0 Å². The van der Waals surface area contributed by atoms with Gasteiger partial charge < -0.3 is 5.32 Å². The lowest BCUT2D eigenvalue weighted by Gasteiger charge is -2.14. The van der Waals surface area contributed by atoms with Crippen molar-refractivity contribution in [1.29, 1.82) is 0 Å². The van der Waals surface area contributed by atoms with E-state index < -0.39 is 15.9 Å². The molecule has 0 saturated heterocycles. The third-order valence-electron chi connectivity index (χ3n) is 3.31. The van der Waals surface area contributed by atoms with E-state index in [9.17, 15) is 9.00 Å². The summed E-state index contributed by atoms with van der Waals surface area (Å²) in [7, 11) is -3.18. The van der Waals surface area contributed by atoms with Crippen molar-refractivity contribution in [3.05, 3.63) is 59.1 Å². The minimum Gasteiger partial charge on any atom is -0.335 e. The lowest BCUT2D eigenvalue weighted by Crippen LogP contribution is -2.26. The molecule has 0 aromatic heterocycles. The predicted octanol–water partition coefficient (Wildman–Crippen LogP) is 4.87. The van der Waals surface area contributed by atoms with Gasteiger partial charge in [-0.1, -0.05) is 43.1 Å². The van der Waals surface area contributed by atoms with E-state index in [1.165, 1.54) is 0 Å². The zero-order valence-corrected chi connectivity index (χ0v) is 16.0. The smallest absolute Gasteiger partial charge is 0.335 e. The highest BCUT2D eigenvalue weighted by Crippen LogP contribution is 2.20. The van der Waals surface area contributed by atoms with Crippen molar-refractivity contribution in [2.75, 3.05) is 11.3 Å². The van der Waals surface area contributed by atoms with Crippen LogP contribution in [-0.4, -0.2) is 16.8 Å². The van der Waals surface area contributed by atoms with Gasteiger partial charge in [0.2, 0.25) is 0 Å². The minimum atomic E-state index is -3.18. The van der Waals surface area contributed by atoms with Gasteiger partial charge in [0.05, 0.1) is 4.90 Å². The maximum Gasteiger partial charge on any atom is 0.350 e. The highest BCUT2D eigenvalue weighted by Gasteiger charge is 2.16. The van der Waals surface area contributed by atoms with Gasteiger partial charge in [0.15, 0.2) is 9.92 Å². The van der Waals surface area contributed by atoms with E-state index in [2.05, 4.69) is 14.4 Å². The summed E-state index contributed by atoms with van der Waals surface area (Å²) in [5.41, 5.74) is 1.59. The van der Waals surface area contributed by atoms with Crippen molar-refractivity contribution in [1.82, 2.24) is 5.32 Å². The Labute approximate surface area is 154 Å². The topological polar surface area (TPSA) is 70.6 Å². The summed E-state index contributed by atoms with van der Waals surface area (Å²) in [4.78, 5) is 12.6. The number of nitrogens with one attached hydrogen (secondary N) is 2. The van der Waals surface area contributed by atoms with Crippen LogP contribution in [0.25, 0.3) is 0 Å². The first-order chi connectivity index (χ1) is 11.8. The highest BCUT2D eigenvalue weighted by molar-refractivity contribution is 7.95. The van der Waals surface area contributed by atoms with Crippen molar-refractivity contribution in [2.45, 2.75) is 25.7 Å². The van der Waals surface area contributed by atoms with Crippen molar-refractivity contribution in [2.24, 2.45) is 10.3 Å². The molecule has 1 unspecified atom stereocenters. The Hall–Kier alpha value is -2.05. The fourth-order valence-electron chi connectivity index (χ4n) is 1.98. The predicted molar refractivity (Wildman–Crippen MR) is 103 cm³/mol. The van der Waals surface area contributed by atoms with Crippen LogP contribution < -0.4 is 10.0 Å². The van der Waals surface area contributed by atoms with E-state index in [1.54, 1.807) is 36.4 Å². The van der Waals surface area contributed by atoms with Crippen LogP contribution in [0.4, 0.5) is 10.5 Å². The fraction of sp³-hybridized carbons (Fsp3) is 0.278. The molecule has 2 rings (SSSR count). The first-order valence-corrected chi connectivity index (χ1v) is 9.83. The van der Waals surface area contributed by atoms with Crippen molar-refractivity contribution in [3.8, 4) is 0 Å². The molecule has 0 aliphatic rings. The number of urea groups is 1. The van der Waals surface area contributed by atoms with Gasteiger partial charge in [-0.15, -0.1) is 4.36 Å². The Bertz CT molecular complexity index is 840. The summed E-state index contributed by atoms with van der Waals surface area (Å²) in [5.74, 6) is 0.277. The molecule has 0 fully saturated rings. The molecule has 2 N–H and O–H groups in total. The van der Waals surface area contributed by atoms with Gasteiger partial charge in [0.25, 0.3) is 0 Å². The van der Waals surface area contributed by atoms with Gasteiger partial charge in [0.1, 0.15) is 0 Å². The first kappa shape index (κ1) is 19.3. The number of amides is 2. The number of aryl methyl sites for hydroxylation is 1. The van der Waals surface area contributed by atoms with Gasteiger partial charge in [-0.05, 0) is 49.2 Å². The summed E-state index contributed by atoms with van der Waals surface area (Å²) < 4.78 is 20.2. The molecule has 0 radical (unpaired) electrons. The van der Waals surface area contributed by atoms with Crippen LogP contribution in [0.15, 0.2) is 57.8 Å². The second-order valence-corrected chi connectivity index (χ2v) is 8.47. The number of benzene rings is 2. The number of carbonyl (C=O) groups is 1. The lowest BCUT2D eigenvalue weighted by molar-refractivity contribution is 0.248. The Morgan fingerprint density at radius 3 is 2.28 bits per heavy atom. The van der Waals surface area contributed by atoms with Gasteiger partial charge in [0, 0.05) is 17.3 Å². The highest BCUT2D eigenvalue weighted by atomic mass is 35.5. The number of hydrogen-bond donors (Lipinski definition) is 2. The average molecular weight is 380 g/mol. The maximum absolute atomic E-state index is 13.4. The Morgan fingerprint density at radius 1 is 1.12 bits per heavy atom. The molecule has 0 saturated carbocycles. The summed E-state index contributed by atoms with van der Waals surface area (Å²) in [6.45, 7) is 6.35. The van der Waals surface area contributed by atoms with Crippen LogP contribution in [-0.2, 0) is 9.92 Å². The summed E-state index contributed by atoms with van der Waals surface area (Å²) in [6.07, 6.45) is 0. The molecule has 0 bridgehead atoms. The van der Waals surface area contributed by atoms with Gasteiger partial charge >= 0.3 is 6.03 Å². The number of halogens is 1. The molecule has 2 aromatic carbocycles. The fourth-order valence-corrected chi connectivity index (χ4v) is 3.63. The van der Waals surface area contributed by atoms with Gasteiger partial charge in [-0.2, -0.15) is 0 Å². The number of nitrogens with zero attached hydrogens (tertiary/aromatic N) is 1. The van der Waals surface area contributed by atoms with E-state index in [1.807, 2.05) is 32.9 Å². The summed E-state index contributed by atoms with van der Waals surface area (Å²) in [6, 6.07) is 13.2. The molecule has 0 aliphatic carbocycles. The molecule has 2 amide bonds. The minimum absolute atomic E-state index is 0.277. The number of rotatable bonds is 5. The average Bonchev–Trinajstić information content (AvgIpc) is 2.55. The van der Waals surface area contributed by atoms with E-state index in [-0.39, 0.29) is 5.92 Å². The molecular weight excluding hydrogens is 358 g/mol. The molecule has 7 heteroatoms. The number of hydrogen-bond acceptors (Lipinski definition) is 2. The molecule has 5 nitrogen and oxygen atoms in total. The van der Waals surface area contributed by atoms with Crippen molar-refractivity contribution >= 4 is 33.2 Å². The van der Waals surface area contributed by atoms with Crippen LogP contribution in [0.2, 0.25) is 5.02 Å². The second kappa shape index (κ2) is 8.36. The molecule has 1 atom stereocenters.